The smallest absolute Gasteiger partial charge is 0.237 e. The first-order valence-electron chi connectivity index (χ1n) is 9.72. The maximum Gasteiger partial charge on any atom is 0.237 e. The van der Waals surface area contributed by atoms with Crippen molar-refractivity contribution in [3.63, 3.8) is 0 Å². The molecule has 0 unspecified atom stereocenters. The topological polar surface area (TPSA) is 60.2 Å². The molecule has 0 fully saturated rings. The monoisotopic (exact) mass is 408 g/mol. The van der Waals surface area contributed by atoms with Crippen molar-refractivity contribution in [2.24, 2.45) is 0 Å². The second-order valence-corrected chi connectivity index (χ2v) is 7.96. The Morgan fingerprint density at radius 2 is 1.93 bits per heavy atom. The van der Waals surface area contributed by atoms with Crippen LogP contribution in [0.25, 0.3) is 11.4 Å². The highest BCUT2D eigenvalue weighted by Gasteiger charge is 2.30. The Morgan fingerprint density at radius 1 is 1.17 bits per heavy atom. The predicted molar refractivity (Wildman–Crippen MR) is 116 cm³/mol. The van der Waals surface area contributed by atoms with Gasteiger partial charge in [0.2, 0.25) is 5.91 Å². The van der Waals surface area contributed by atoms with Crippen LogP contribution in [0.1, 0.15) is 19.4 Å². The van der Waals surface area contributed by atoms with E-state index in [1.54, 1.807) is 7.11 Å². The second-order valence-electron chi connectivity index (χ2n) is 7.01. The van der Waals surface area contributed by atoms with Gasteiger partial charge in [0.1, 0.15) is 5.75 Å². The second kappa shape index (κ2) is 8.29. The highest BCUT2D eigenvalue weighted by atomic mass is 32.2. The number of amides is 1. The zero-order valence-corrected chi connectivity index (χ0v) is 17.6. The van der Waals surface area contributed by atoms with Gasteiger partial charge in [-0.2, -0.15) is 0 Å². The Labute approximate surface area is 174 Å². The van der Waals surface area contributed by atoms with Crippen LogP contribution in [0, 0.1) is 0 Å². The Balaban J connectivity index is 1.50. The molecule has 0 bridgehead atoms. The van der Waals surface area contributed by atoms with Gasteiger partial charge < -0.3 is 14.2 Å². The Bertz CT molecular complexity index is 1020. The van der Waals surface area contributed by atoms with Gasteiger partial charge in [-0.15, -0.1) is 10.2 Å². The number of thioether (sulfide) groups is 1. The molecule has 2 aromatic carbocycles. The van der Waals surface area contributed by atoms with E-state index in [1.165, 1.54) is 17.3 Å². The standard InChI is InChI=1S/C22H24N4O2S/c1-4-25-21(16-9-11-18(28-3)12-10-16)23-24-22(25)29-14-20(27)26-15(2)13-17-7-5-6-8-19(17)26/h5-12,15H,4,13-14H2,1-3H3/t15-/m0/s1. The first kappa shape index (κ1) is 19.5. The van der Waals surface area contributed by atoms with Crippen molar-refractivity contribution in [3.05, 3.63) is 54.1 Å². The Hall–Kier alpha value is -2.80. The summed E-state index contributed by atoms with van der Waals surface area (Å²) in [6.07, 6.45) is 0.902. The van der Waals surface area contributed by atoms with Gasteiger partial charge in [-0.1, -0.05) is 30.0 Å². The van der Waals surface area contributed by atoms with Crippen LogP contribution in [0.15, 0.2) is 53.7 Å². The molecule has 0 saturated carbocycles. The molecule has 1 atom stereocenters. The van der Waals surface area contributed by atoms with E-state index in [2.05, 4.69) is 30.1 Å². The minimum Gasteiger partial charge on any atom is -0.497 e. The van der Waals surface area contributed by atoms with Gasteiger partial charge in [0.25, 0.3) is 0 Å². The van der Waals surface area contributed by atoms with Crippen molar-refractivity contribution in [1.29, 1.82) is 0 Å². The number of hydrogen-bond acceptors (Lipinski definition) is 5. The van der Waals surface area contributed by atoms with Crippen LogP contribution in [0.4, 0.5) is 5.69 Å². The Kier molecular flexibility index (Phi) is 5.58. The number of anilines is 1. The number of ether oxygens (including phenoxy) is 1. The van der Waals surface area contributed by atoms with Gasteiger partial charge in [-0.25, -0.2) is 0 Å². The maximum atomic E-state index is 13.0. The molecule has 3 aromatic rings. The lowest BCUT2D eigenvalue weighted by Gasteiger charge is -2.22. The van der Waals surface area contributed by atoms with Crippen LogP contribution < -0.4 is 9.64 Å². The van der Waals surface area contributed by atoms with Crippen molar-refractivity contribution in [2.45, 2.75) is 38.0 Å². The van der Waals surface area contributed by atoms with E-state index < -0.39 is 0 Å². The lowest BCUT2D eigenvalue weighted by atomic mass is 10.1. The van der Waals surface area contributed by atoms with Crippen molar-refractivity contribution >= 4 is 23.4 Å². The summed E-state index contributed by atoms with van der Waals surface area (Å²) in [4.78, 5) is 14.9. The molecule has 0 N–H and O–H groups in total. The minimum absolute atomic E-state index is 0.101. The highest BCUT2D eigenvalue weighted by molar-refractivity contribution is 7.99. The fraction of sp³-hybridized carbons (Fsp3) is 0.318. The highest BCUT2D eigenvalue weighted by Crippen LogP contribution is 2.33. The van der Waals surface area contributed by atoms with Gasteiger partial charge in [-0.3, -0.25) is 4.79 Å². The molecule has 0 spiro atoms. The van der Waals surface area contributed by atoms with Crippen LogP contribution in [-0.4, -0.2) is 39.6 Å². The van der Waals surface area contributed by atoms with Gasteiger partial charge >= 0.3 is 0 Å². The summed E-state index contributed by atoms with van der Waals surface area (Å²) < 4.78 is 7.27. The van der Waals surface area contributed by atoms with E-state index in [1.807, 2.05) is 51.9 Å². The quantitative estimate of drug-likeness (QED) is 0.576. The molecule has 0 radical (unpaired) electrons. The fourth-order valence-electron chi connectivity index (χ4n) is 3.78. The van der Waals surface area contributed by atoms with Crippen molar-refractivity contribution in [3.8, 4) is 17.1 Å². The predicted octanol–water partition coefficient (Wildman–Crippen LogP) is 4.04. The molecule has 6 nitrogen and oxygen atoms in total. The number of benzene rings is 2. The number of carbonyl (C=O) groups excluding carboxylic acids is 1. The lowest BCUT2D eigenvalue weighted by Crippen LogP contribution is -2.37. The minimum atomic E-state index is 0.101. The molecule has 1 aliphatic heterocycles. The maximum absolute atomic E-state index is 13.0. The summed E-state index contributed by atoms with van der Waals surface area (Å²) in [6.45, 7) is 4.88. The van der Waals surface area contributed by atoms with Crippen LogP contribution in [-0.2, 0) is 17.8 Å². The number of fused-ring (bicyclic) bond motifs is 1. The summed E-state index contributed by atoms with van der Waals surface area (Å²) in [6, 6.07) is 16.1. The van der Waals surface area contributed by atoms with Crippen molar-refractivity contribution in [1.82, 2.24) is 14.8 Å². The number of rotatable bonds is 6. The molecule has 0 saturated heterocycles. The van der Waals surface area contributed by atoms with E-state index in [4.69, 9.17) is 4.74 Å². The van der Waals surface area contributed by atoms with E-state index >= 15 is 0 Å². The first-order valence-corrected chi connectivity index (χ1v) is 10.7. The molecule has 150 valence electrons. The molecule has 29 heavy (non-hydrogen) atoms. The van der Waals surface area contributed by atoms with Crippen LogP contribution in [0.2, 0.25) is 0 Å². The largest absolute Gasteiger partial charge is 0.497 e. The van der Waals surface area contributed by atoms with E-state index in [0.29, 0.717) is 5.75 Å². The number of para-hydroxylation sites is 1. The van der Waals surface area contributed by atoms with Crippen LogP contribution >= 0.6 is 11.8 Å². The molecular weight excluding hydrogens is 384 g/mol. The van der Waals surface area contributed by atoms with Gasteiger partial charge in [-0.05, 0) is 56.2 Å². The molecule has 0 aliphatic carbocycles. The van der Waals surface area contributed by atoms with Crippen LogP contribution in [0.5, 0.6) is 5.75 Å². The third-order valence-electron chi connectivity index (χ3n) is 5.18. The lowest BCUT2D eigenvalue weighted by molar-refractivity contribution is -0.116. The number of nitrogens with zero attached hydrogens (tertiary/aromatic N) is 4. The third-order valence-corrected chi connectivity index (χ3v) is 6.13. The van der Waals surface area contributed by atoms with Crippen LogP contribution in [0.3, 0.4) is 0 Å². The molecule has 2 heterocycles. The first-order chi connectivity index (χ1) is 14.1. The number of hydrogen-bond donors (Lipinski definition) is 0. The van der Waals surface area contributed by atoms with E-state index in [9.17, 15) is 4.79 Å². The van der Waals surface area contributed by atoms with Crippen molar-refractivity contribution in [2.75, 3.05) is 17.8 Å². The van der Waals surface area contributed by atoms with E-state index in [-0.39, 0.29) is 11.9 Å². The Morgan fingerprint density at radius 3 is 2.66 bits per heavy atom. The molecule has 7 heteroatoms. The summed E-state index contributed by atoms with van der Waals surface area (Å²) in [5.74, 6) is 2.03. The zero-order chi connectivity index (χ0) is 20.4. The number of carbonyl (C=O) groups is 1. The zero-order valence-electron chi connectivity index (χ0n) is 16.8. The summed E-state index contributed by atoms with van der Waals surface area (Å²) in [7, 11) is 1.65. The van der Waals surface area contributed by atoms with Gasteiger partial charge in [0.05, 0.1) is 12.9 Å². The van der Waals surface area contributed by atoms with Gasteiger partial charge in [0.15, 0.2) is 11.0 Å². The number of aromatic nitrogens is 3. The van der Waals surface area contributed by atoms with Crippen molar-refractivity contribution < 1.29 is 9.53 Å². The number of methoxy groups -OCH3 is 1. The normalized spacial score (nSPS) is 15.4. The summed E-state index contributed by atoms with van der Waals surface area (Å²) >= 11 is 1.44. The fourth-order valence-corrected chi connectivity index (χ4v) is 4.64. The third kappa shape index (κ3) is 3.74. The summed E-state index contributed by atoms with van der Waals surface area (Å²) in [5, 5.41) is 9.46. The average molecular weight is 409 g/mol. The molecule has 1 aliphatic rings. The molecule has 4 rings (SSSR count). The van der Waals surface area contributed by atoms with E-state index in [0.717, 1.165) is 40.9 Å². The SMILES string of the molecule is CCn1c(SCC(=O)N2c3ccccc3C[C@@H]2C)nnc1-c1ccc(OC)cc1. The molecule has 1 amide bonds. The average Bonchev–Trinajstić information content (AvgIpc) is 3.31. The molecular formula is C22H24N4O2S. The molecule has 1 aromatic heterocycles. The van der Waals surface area contributed by atoms with Gasteiger partial charge in [0, 0.05) is 23.8 Å². The summed E-state index contributed by atoms with van der Waals surface area (Å²) in [5.41, 5.74) is 3.23.